The molecular formula is C20H12N2O. The van der Waals surface area contributed by atoms with E-state index in [0.29, 0.717) is 11.0 Å². The Morgan fingerprint density at radius 2 is 1.48 bits per heavy atom. The molecule has 0 aliphatic carbocycles. The van der Waals surface area contributed by atoms with Crippen molar-refractivity contribution in [3.8, 4) is 0 Å². The predicted octanol–water partition coefficient (Wildman–Crippen LogP) is 4.15. The SMILES string of the molecule is O=c1c2ccccc2nc2c3c(ccc4ccccc43)ccn12. The van der Waals surface area contributed by atoms with Gasteiger partial charge in [0.05, 0.1) is 10.9 Å². The summed E-state index contributed by atoms with van der Waals surface area (Å²) in [6, 6.07) is 21.9. The fourth-order valence-corrected chi connectivity index (χ4v) is 3.29. The van der Waals surface area contributed by atoms with E-state index in [9.17, 15) is 4.79 Å². The number of pyridine rings is 1. The third-order valence-electron chi connectivity index (χ3n) is 4.40. The molecule has 0 unspecified atom stereocenters. The average Bonchev–Trinajstić information content (AvgIpc) is 2.61. The van der Waals surface area contributed by atoms with E-state index < -0.39 is 0 Å². The molecule has 2 heterocycles. The van der Waals surface area contributed by atoms with Crippen molar-refractivity contribution in [2.45, 2.75) is 0 Å². The molecule has 0 aliphatic heterocycles. The largest absolute Gasteiger partial charge is 0.268 e. The van der Waals surface area contributed by atoms with Gasteiger partial charge in [0.1, 0.15) is 5.65 Å². The number of nitrogens with zero attached hydrogens (tertiary/aromatic N) is 2. The van der Waals surface area contributed by atoms with Crippen LogP contribution in [0.15, 0.2) is 77.7 Å². The first-order valence-corrected chi connectivity index (χ1v) is 7.54. The maximum Gasteiger partial charge on any atom is 0.265 e. The molecule has 108 valence electrons. The van der Waals surface area contributed by atoms with Crippen molar-refractivity contribution in [1.29, 1.82) is 0 Å². The van der Waals surface area contributed by atoms with Crippen molar-refractivity contribution in [3.05, 3.63) is 83.3 Å². The van der Waals surface area contributed by atoms with Crippen molar-refractivity contribution in [2.24, 2.45) is 0 Å². The van der Waals surface area contributed by atoms with Crippen molar-refractivity contribution >= 4 is 38.1 Å². The second kappa shape index (κ2) is 4.40. The quantitative estimate of drug-likeness (QED) is 0.318. The Kier molecular flexibility index (Phi) is 2.36. The van der Waals surface area contributed by atoms with Crippen molar-refractivity contribution in [3.63, 3.8) is 0 Å². The summed E-state index contributed by atoms with van der Waals surface area (Å²) in [5, 5.41) is 5.02. The summed E-state index contributed by atoms with van der Waals surface area (Å²) in [6.45, 7) is 0. The molecule has 0 aliphatic rings. The number of hydrogen-bond acceptors (Lipinski definition) is 2. The van der Waals surface area contributed by atoms with Crippen LogP contribution < -0.4 is 5.56 Å². The fourth-order valence-electron chi connectivity index (χ4n) is 3.29. The van der Waals surface area contributed by atoms with E-state index in [0.717, 1.165) is 27.1 Å². The normalized spacial score (nSPS) is 11.7. The molecule has 0 amide bonds. The zero-order valence-corrected chi connectivity index (χ0v) is 12.2. The van der Waals surface area contributed by atoms with Crippen LogP contribution in [-0.4, -0.2) is 9.38 Å². The molecule has 0 saturated carbocycles. The lowest BCUT2D eigenvalue weighted by Gasteiger charge is -2.09. The molecule has 0 saturated heterocycles. The highest BCUT2D eigenvalue weighted by Crippen LogP contribution is 2.28. The molecule has 3 heteroatoms. The molecule has 5 aromatic rings. The number of aromatic nitrogens is 2. The van der Waals surface area contributed by atoms with E-state index in [1.807, 2.05) is 48.7 Å². The first kappa shape index (κ1) is 12.4. The van der Waals surface area contributed by atoms with Gasteiger partial charge in [0.15, 0.2) is 0 Å². The van der Waals surface area contributed by atoms with E-state index in [4.69, 9.17) is 4.98 Å². The molecule has 23 heavy (non-hydrogen) atoms. The van der Waals surface area contributed by atoms with E-state index in [-0.39, 0.29) is 5.56 Å². The molecule has 0 fully saturated rings. The van der Waals surface area contributed by atoms with Crippen LogP contribution in [0.1, 0.15) is 0 Å². The monoisotopic (exact) mass is 296 g/mol. The Balaban J connectivity index is 2.15. The first-order chi connectivity index (χ1) is 11.3. The molecule has 0 radical (unpaired) electrons. The number of benzene rings is 3. The van der Waals surface area contributed by atoms with Crippen molar-refractivity contribution < 1.29 is 0 Å². The van der Waals surface area contributed by atoms with Gasteiger partial charge in [-0.05, 0) is 34.4 Å². The molecule has 0 atom stereocenters. The van der Waals surface area contributed by atoms with Gasteiger partial charge in [0.2, 0.25) is 0 Å². The van der Waals surface area contributed by atoms with E-state index >= 15 is 0 Å². The van der Waals surface area contributed by atoms with Gasteiger partial charge < -0.3 is 0 Å². The highest BCUT2D eigenvalue weighted by molar-refractivity contribution is 6.14. The third kappa shape index (κ3) is 1.64. The minimum absolute atomic E-state index is 0.0274. The lowest BCUT2D eigenvalue weighted by Crippen LogP contribution is -2.15. The summed E-state index contributed by atoms with van der Waals surface area (Å²) in [5.41, 5.74) is 1.42. The van der Waals surface area contributed by atoms with Gasteiger partial charge in [-0.3, -0.25) is 9.20 Å². The molecule has 3 nitrogen and oxygen atoms in total. The van der Waals surface area contributed by atoms with E-state index in [2.05, 4.69) is 24.3 Å². The first-order valence-electron chi connectivity index (χ1n) is 7.54. The molecule has 5 rings (SSSR count). The number of para-hydroxylation sites is 1. The van der Waals surface area contributed by atoms with Crippen LogP contribution in [0.25, 0.3) is 38.1 Å². The molecule has 0 bridgehead atoms. The van der Waals surface area contributed by atoms with Gasteiger partial charge >= 0.3 is 0 Å². The molecule has 0 N–H and O–H groups in total. The van der Waals surface area contributed by atoms with Gasteiger partial charge in [-0.2, -0.15) is 0 Å². The lowest BCUT2D eigenvalue weighted by atomic mass is 10.0. The van der Waals surface area contributed by atoms with Gasteiger partial charge in [0.25, 0.3) is 5.56 Å². The summed E-state index contributed by atoms with van der Waals surface area (Å²) in [7, 11) is 0. The Bertz CT molecular complexity index is 1290. The van der Waals surface area contributed by atoms with Crippen LogP contribution in [-0.2, 0) is 0 Å². The topological polar surface area (TPSA) is 34.4 Å². The van der Waals surface area contributed by atoms with Crippen molar-refractivity contribution in [2.75, 3.05) is 0 Å². The van der Waals surface area contributed by atoms with Crippen LogP contribution in [0.4, 0.5) is 0 Å². The summed E-state index contributed by atoms with van der Waals surface area (Å²) in [4.78, 5) is 17.6. The Labute approximate surface area is 131 Å². The Morgan fingerprint density at radius 1 is 0.739 bits per heavy atom. The molecule has 0 spiro atoms. The average molecular weight is 296 g/mol. The summed E-state index contributed by atoms with van der Waals surface area (Å²) < 4.78 is 1.65. The van der Waals surface area contributed by atoms with E-state index in [1.54, 1.807) is 4.40 Å². The van der Waals surface area contributed by atoms with Crippen LogP contribution >= 0.6 is 0 Å². The highest BCUT2D eigenvalue weighted by atomic mass is 16.1. The number of rotatable bonds is 0. The summed E-state index contributed by atoms with van der Waals surface area (Å²) in [6.07, 6.45) is 1.81. The maximum absolute atomic E-state index is 12.8. The maximum atomic E-state index is 12.8. The Morgan fingerprint density at radius 3 is 2.39 bits per heavy atom. The zero-order chi connectivity index (χ0) is 15.4. The van der Waals surface area contributed by atoms with Crippen LogP contribution in [0.3, 0.4) is 0 Å². The predicted molar refractivity (Wildman–Crippen MR) is 94.0 cm³/mol. The van der Waals surface area contributed by atoms with E-state index in [1.165, 1.54) is 0 Å². The molecule has 2 aromatic heterocycles. The van der Waals surface area contributed by atoms with Crippen LogP contribution in [0.5, 0.6) is 0 Å². The molecular weight excluding hydrogens is 284 g/mol. The highest BCUT2D eigenvalue weighted by Gasteiger charge is 2.10. The second-order valence-corrected chi connectivity index (χ2v) is 5.69. The Hall–Kier alpha value is -3.20. The molecule has 3 aromatic carbocycles. The third-order valence-corrected chi connectivity index (χ3v) is 4.40. The second-order valence-electron chi connectivity index (χ2n) is 5.69. The zero-order valence-electron chi connectivity index (χ0n) is 12.2. The van der Waals surface area contributed by atoms with Crippen LogP contribution in [0, 0.1) is 0 Å². The van der Waals surface area contributed by atoms with Crippen LogP contribution in [0.2, 0.25) is 0 Å². The van der Waals surface area contributed by atoms with Gasteiger partial charge in [0, 0.05) is 11.6 Å². The smallest absolute Gasteiger partial charge is 0.265 e. The standard InChI is InChI=1S/C20H12N2O/c23-20-16-7-3-4-8-17(16)21-19-18-14(11-12-22(19)20)10-9-13-5-1-2-6-15(13)18/h1-12H. The number of hydrogen-bond donors (Lipinski definition) is 0. The van der Waals surface area contributed by atoms with Gasteiger partial charge in [-0.15, -0.1) is 0 Å². The lowest BCUT2D eigenvalue weighted by molar-refractivity contribution is 1.09. The summed E-state index contributed by atoms with van der Waals surface area (Å²) in [5.74, 6) is 0. The fraction of sp³-hybridized carbons (Fsp3) is 0. The minimum Gasteiger partial charge on any atom is -0.268 e. The minimum atomic E-state index is -0.0274. The number of fused-ring (bicyclic) bond motifs is 6. The van der Waals surface area contributed by atoms with Gasteiger partial charge in [-0.1, -0.05) is 48.5 Å². The van der Waals surface area contributed by atoms with Gasteiger partial charge in [-0.25, -0.2) is 4.98 Å². The summed E-state index contributed by atoms with van der Waals surface area (Å²) >= 11 is 0. The van der Waals surface area contributed by atoms with Crippen molar-refractivity contribution in [1.82, 2.24) is 9.38 Å².